The van der Waals surface area contributed by atoms with Gasteiger partial charge in [0.05, 0.1) is 11.9 Å². The number of carbonyl (C=O) groups is 2. The number of aromatic nitrogens is 2. The average Bonchev–Trinajstić information content (AvgIpc) is 2.77. The second-order valence-electron chi connectivity index (χ2n) is 6.95. The molecule has 0 radical (unpaired) electrons. The molecular formula is C21H26FN5O2. The van der Waals surface area contributed by atoms with Gasteiger partial charge in [0, 0.05) is 58.1 Å². The van der Waals surface area contributed by atoms with Crippen molar-refractivity contribution in [2.45, 2.75) is 19.8 Å². The fourth-order valence-electron chi connectivity index (χ4n) is 3.45. The van der Waals surface area contributed by atoms with E-state index >= 15 is 0 Å². The average molecular weight is 399 g/mol. The van der Waals surface area contributed by atoms with Crippen molar-refractivity contribution in [3.05, 3.63) is 54.4 Å². The van der Waals surface area contributed by atoms with Gasteiger partial charge in [0.1, 0.15) is 11.5 Å². The van der Waals surface area contributed by atoms with Crippen LogP contribution in [-0.2, 0) is 4.79 Å². The van der Waals surface area contributed by atoms with E-state index in [0.717, 1.165) is 6.42 Å². The van der Waals surface area contributed by atoms with Crippen molar-refractivity contribution < 1.29 is 14.0 Å². The van der Waals surface area contributed by atoms with E-state index in [1.165, 1.54) is 24.7 Å². The minimum atomic E-state index is -0.245. The zero-order valence-electron chi connectivity index (χ0n) is 16.6. The van der Waals surface area contributed by atoms with E-state index in [4.69, 9.17) is 0 Å². The van der Waals surface area contributed by atoms with Crippen molar-refractivity contribution in [1.29, 1.82) is 0 Å². The summed E-state index contributed by atoms with van der Waals surface area (Å²) in [5.74, 6) is -0.451. The number of carbonyl (C=O) groups excluding carboxylic acids is 2. The predicted octanol–water partition coefficient (Wildman–Crippen LogP) is 2.21. The Bertz CT molecular complexity index is 825. The molecule has 2 aromatic rings. The van der Waals surface area contributed by atoms with E-state index in [2.05, 4.69) is 9.97 Å². The number of piperazine rings is 1. The maximum absolute atomic E-state index is 14.0. The van der Waals surface area contributed by atoms with Crippen molar-refractivity contribution in [3.8, 4) is 0 Å². The minimum Gasteiger partial charge on any atom is -0.366 e. The lowest BCUT2D eigenvalue weighted by molar-refractivity contribution is -0.131. The van der Waals surface area contributed by atoms with Crippen molar-refractivity contribution in [2.75, 3.05) is 44.2 Å². The zero-order valence-corrected chi connectivity index (χ0v) is 16.6. The van der Waals surface area contributed by atoms with Crippen LogP contribution in [0.4, 0.5) is 10.1 Å². The van der Waals surface area contributed by atoms with Crippen LogP contribution >= 0.6 is 0 Å². The SMILES string of the molecule is CCCN(CCC(=O)N1CCN(c2ccccc2F)CC1)C(=O)c1cnccn1. The number of anilines is 1. The van der Waals surface area contributed by atoms with Gasteiger partial charge < -0.3 is 14.7 Å². The second-order valence-corrected chi connectivity index (χ2v) is 6.95. The summed E-state index contributed by atoms with van der Waals surface area (Å²) in [4.78, 5) is 38.6. The molecule has 3 rings (SSSR count). The molecule has 0 unspecified atom stereocenters. The third kappa shape index (κ3) is 5.28. The van der Waals surface area contributed by atoms with Gasteiger partial charge in [0.15, 0.2) is 0 Å². The summed E-state index contributed by atoms with van der Waals surface area (Å²) in [6, 6.07) is 6.69. The molecule has 1 fully saturated rings. The Balaban J connectivity index is 1.52. The van der Waals surface area contributed by atoms with Gasteiger partial charge in [0.2, 0.25) is 5.91 Å². The summed E-state index contributed by atoms with van der Waals surface area (Å²) >= 11 is 0. The van der Waals surface area contributed by atoms with Gasteiger partial charge in [-0.05, 0) is 18.6 Å². The Morgan fingerprint density at radius 2 is 1.86 bits per heavy atom. The van der Waals surface area contributed by atoms with Gasteiger partial charge in [-0.15, -0.1) is 0 Å². The molecule has 0 spiro atoms. The standard InChI is InChI=1S/C21H26FN5O2/c1-2-10-27(21(29)18-16-23-8-9-24-18)11-7-20(28)26-14-12-25(13-15-26)19-6-4-3-5-17(19)22/h3-6,8-9,16H,2,7,10-15H2,1H3. The molecule has 0 N–H and O–H groups in total. The van der Waals surface area contributed by atoms with Crippen LogP contribution in [-0.4, -0.2) is 70.9 Å². The van der Waals surface area contributed by atoms with Crippen LogP contribution in [0.2, 0.25) is 0 Å². The van der Waals surface area contributed by atoms with Crippen LogP contribution < -0.4 is 4.90 Å². The fourth-order valence-corrected chi connectivity index (χ4v) is 3.45. The molecule has 2 heterocycles. The lowest BCUT2D eigenvalue weighted by atomic mass is 10.2. The molecule has 1 aliphatic rings. The molecule has 154 valence electrons. The number of nitrogens with zero attached hydrogens (tertiary/aromatic N) is 5. The first-order chi connectivity index (χ1) is 14.1. The third-order valence-corrected chi connectivity index (χ3v) is 4.98. The van der Waals surface area contributed by atoms with Gasteiger partial charge in [-0.1, -0.05) is 19.1 Å². The Hall–Kier alpha value is -3.03. The fraction of sp³-hybridized carbons (Fsp3) is 0.429. The number of amides is 2. The van der Waals surface area contributed by atoms with Crippen LogP contribution in [0, 0.1) is 5.82 Å². The lowest BCUT2D eigenvalue weighted by Gasteiger charge is -2.36. The highest BCUT2D eigenvalue weighted by molar-refractivity contribution is 5.92. The molecule has 0 bridgehead atoms. The van der Waals surface area contributed by atoms with Crippen LogP contribution in [0.3, 0.4) is 0 Å². The van der Waals surface area contributed by atoms with Gasteiger partial charge in [0.25, 0.3) is 5.91 Å². The maximum atomic E-state index is 14.0. The van der Waals surface area contributed by atoms with E-state index in [1.54, 1.807) is 21.9 Å². The summed E-state index contributed by atoms with van der Waals surface area (Å²) in [5, 5.41) is 0. The van der Waals surface area contributed by atoms with Crippen molar-refractivity contribution in [1.82, 2.24) is 19.8 Å². The van der Waals surface area contributed by atoms with Gasteiger partial charge in [-0.2, -0.15) is 0 Å². The van der Waals surface area contributed by atoms with Crippen LogP contribution in [0.25, 0.3) is 0 Å². The van der Waals surface area contributed by atoms with E-state index in [0.29, 0.717) is 45.0 Å². The number of benzene rings is 1. The maximum Gasteiger partial charge on any atom is 0.274 e. The molecule has 7 nitrogen and oxygen atoms in total. The zero-order chi connectivity index (χ0) is 20.6. The Labute approximate surface area is 170 Å². The van der Waals surface area contributed by atoms with Gasteiger partial charge >= 0.3 is 0 Å². The normalized spacial score (nSPS) is 14.0. The molecule has 0 atom stereocenters. The lowest BCUT2D eigenvalue weighted by Crippen LogP contribution is -2.49. The van der Waals surface area contributed by atoms with E-state index in [9.17, 15) is 14.0 Å². The second kappa shape index (κ2) is 9.95. The first-order valence-electron chi connectivity index (χ1n) is 9.92. The van der Waals surface area contributed by atoms with Crippen molar-refractivity contribution >= 4 is 17.5 Å². The highest BCUT2D eigenvalue weighted by atomic mass is 19.1. The number of hydrogen-bond acceptors (Lipinski definition) is 5. The topological polar surface area (TPSA) is 69.6 Å². The summed E-state index contributed by atoms with van der Waals surface area (Å²) in [6.45, 7) is 5.14. The highest BCUT2D eigenvalue weighted by Gasteiger charge is 2.24. The summed E-state index contributed by atoms with van der Waals surface area (Å²) in [7, 11) is 0. The molecular weight excluding hydrogens is 373 g/mol. The Kier molecular flexibility index (Phi) is 7.10. The Morgan fingerprint density at radius 1 is 1.10 bits per heavy atom. The monoisotopic (exact) mass is 399 g/mol. The minimum absolute atomic E-state index is 0.00577. The van der Waals surface area contributed by atoms with Crippen molar-refractivity contribution in [3.63, 3.8) is 0 Å². The van der Waals surface area contributed by atoms with E-state index < -0.39 is 0 Å². The summed E-state index contributed by atoms with van der Waals surface area (Å²) < 4.78 is 14.0. The molecule has 29 heavy (non-hydrogen) atoms. The summed E-state index contributed by atoms with van der Waals surface area (Å²) in [6.07, 6.45) is 5.49. The van der Waals surface area contributed by atoms with Crippen LogP contribution in [0.5, 0.6) is 0 Å². The smallest absolute Gasteiger partial charge is 0.274 e. The molecule has 1 saturated heterocycles. The van der Waals surface area contributed by atoms with Crippen LogP contribution in [0.1, 0.15) is 30.3 Å². The van der Waals surface area contributed by atoms with Gasteiger partial charge in [-0.3, -0.25) is 14.6 Å². The number of rotatable bonds is 7. The molecule has 1 aromatic heterocycles. The molecule has 0 saturated carbocycles. The largest absolute Gasteiger partial charge is 0.366 e. The summed E-state index contributed by atoms with van der Waals surface area (Å²) in [5.41, 5.74) is 0.857. The number of para-hydroxylation sites is 1. The van der Waals surface area contributed by atoms with E-state index in [1.807, 2.05) is 17.9 Å². The van der Waals surface area contributed by atoms with Crippen LogP contribution in [0.15, 0.2) is 42.9 Å². The molecule has 2 amide bonds. The first-order valence-corrected chi connectivity index (χ1v) is 9.92. The first kappa shape index (κ1) is 20.7. The quantitative estimate of drug-likeness (QED) is 0.714. The van der Waals surface area contributed by atoms with Gasteiger partial charge in [-0.25, -0.2) is 9.37 Å². The Morgan fingerprint density at radius 3 is 2.52 bits per heavy atom. The number of hydrogen-bond donors (Lipinski definition) is 0. The number of halogens is 1. The molecule has 1 aliphatic heterocycles. The predicted molar refractivity (Wildman–Crippen MR) is 108 cm³/mol. The molecule has 8 heteroatoms. The highest BCUT2D eigenvalue weighted by Crippen LogP contribution is 2.20. The third-order valence-electron chi connectivity index (χ3n) is 4.98. The molecule has 1 aromatic carbocycles. The van der Waals surface area contributed by atoms with E-state index in [-0.39, 0.29) is 29.7 Å². The van der Waals surface area contributed by atoms with Crippen molar-refractivity contribution in [2.24, 2.45) is 0 Å². The molecule has 0 aliphatic carbocycles.